The van der Waals surface area contributed by atoms with Gasteiger partial charge in [0.2, 0.25) is 5.91 Å². The fraction of sp³-hybridized carbons (Fsp3) is 0.417. The quantitative estimate of drug-likeness (QED) is 0.836. The van der Waals surface area contributed by atoms with Crippen molar-refractivity contribution in [3.63, 3.8) is 0 Å². The summed E-state index contributed by atoms with van der Waals surface area (Å²) in [6.07, 6.45) is 2.83. The fourth-order valence-electron chi connectivity index (χ4n) is 1.47. The third kappa shape index (κ3) is 3.01. The van der Waals surface area contributed by atoms with E-state index in [1.54, 1.807) is 0 Å². The van der Waals surface area contributed by atoms with Gasteiger partial charge < -0.3 is 5.32 Å². The lowest BCUT2D eigenvalue weighted by Crippen LogP contribution is -2.33. The van der Waals surface area contributed by atoms with Crippen LogP contribution in [0, 0.1) is 0 Å². The van der Waals surface area contributed by atoms with Crippen molar-refractivity contribution in [2.24, 2.45) is 0 Å². The molecule has 1 N–H and O–H groups in total. The number of hydrogen-bond donors (Lipinski definition) is 1. The molecule has 0 aliphatic carbocycles. The molecule has 96 valence electrons. The highest BCUT2D eigenvalue weighted by Crippen LogP contribution is 2.16. The van der Waals surface area contributed by atoms with Gasteiger partial charge in [-0.05, 0) is 25.5 Å². The van der Waals surface area contributed by atoms with Crippen molar-refractivity contribution in [3.8, 4) is 0 Å². The summed E-state index contributed by atoms with van der Waals surface area (Å²) in [5, 5.41) is 11.8. The maximum atomic E-state index is 11.7. The number of hydrogen-bond acceptors (Lipinski definition) is 4. The lowest BCUT2D eigenvalue weighted by atomic mass is 10.3. The van der Waals surface area contributed by atoms with Gasteiger partial charge in [-0.15, -0.1) is 10.2 Å². The van der Waals surface area contributed by atoms with Gasteiger partial charge in [0.25, 0.3) is 0 Å². The van der Waals surface area contributed by atoms with Crippen molar-refractivity contribution in [1.29, 1.82) is 0 Å². The zero-order valence-electron chi connectivity index (χ0n) is 10.5. The molecule has 2 heterocycles. The molecule has 0 saturated carbocycles. The monoisotopic (exact) mass is 264 g/mol. The number of carbonyl (C=O) groups is 1. The lowest BCUT2D eigenvalue weighted by molar-refractivity contribution is -0.119. The smallest absolute Gasteiger partial charge is 0.230 e. The van der Waals surface area contributed by atoms with E-state index in [-0.39, 0.29) is 11.9 Å². The summed E-state index contributed by atoms with van der Waals surface area (Å²) in [6.45, 7) is 4.04. The SMILES string of the molecule is CC[C@H](C)NC(=O)CSc1nnc2ccccn12. The van der Waals surface area contributed by atoms with Crippen LogP contribution in [0.15, 0.2) is 29.6 Å². The van der Waals surface area contributed by atoms with Crippen LogP contribution in [0.1, 0.15) is 20.3 Å². The predicted octanol–water partition coefficient (Wildman–Crippen LogP) is 1.74. The first kappa shape index (κ1) is 12.9. The Morgan fingerprint density at radius 1 is 1.50 bits per heavy atom. The lowest BCUT2D eigenvalue weighted by Gasteiger charge is -2.10. The number of rotatable bonds is 5. The Bertz CT molecular complexity index is 540. The van der Waals surface area contributed by atoms with E-state index in [2.05, 4.69) is 15.5 Å². The molecule has 0 bridgehead atoms. The molecule has 0 radical (unpaired) electrons. The van der Waals surface area contributed by atoms with Crippen LogP contribution < -0.4 is 5.32 Å². The van der Waals surface area contributed by atoms with E-state index in [9.17, 15) is 4.79 Å². The molecule has 1 atom stereocenters. The van der Waals surface area contributed by atoms with Crippen LogP contribution in [0.25, 0.3) is 5.65 Å². The maximum Gasteiger partial charge on any atom is 0.230 e. The second-order valence-electron chi connectivity index (χ2n) is 4.08. The highest BCUT2D eigenvalue weighted by Gasteiger charge is 2.09. The summed E-state index contributed by atoms with van der Waals surface area (Å²) >= 11 is 1.39. The number of nitrogens with one attached hydrogen (secondary N) is 1. The summed E-state index contributed by atoms with van der Waals surface area (Å²) in [4.78, 5) is 11.7. The number of nitrogens with zero attached hydrogens (tertiary/aromatic N) is 3. The van der Waals surface area contributed by atoms with Crippen molar-refractivity contribution in [2.75, 3.05) is 5.75 Å². The number of aromatic nitrogens is 3. The summed E-state index contributed by atoms with van der Waals surface area (Å²) in [5.41, 5.74) is 0.794. The summed E-state index contributed by atoms with van der Waals surface area (Å²) < 4.78 is 1.88. The number of pyridine rings is 1. The van der Waals surface area contributed by atoms with Gasteiger partial charge in [-0.2, -0.15) is 0 Å². The first-order valence-corrected chi connectivity index (χ1v) is 6.91. The second-order valence-corrected chi connectivity index (χ2v) is 5.02. The molecule has 0 spiro atoms. The molecule has 0 aliphatic heterocycles. The van der Waals surface area contributed by atoms with Gasteiger partial charge in [0.15, 0.2) is 10.8 Å². The highest BCUT2D eigenvalue weighted by atomic mass is 32.2. The van der Waals surface area contributed by atoms with Crippen LogP contribution in [0.4, 0.5) is 0 Å². The van der Waals surface area contributed by atoms with E-state index >= 15 is 0 Å². The molecule has 2 rings (SSSR count). The van der Waals surface area contributed by atoms with Crippen LogP contribution in [0.2, 0.25) is 0 Å². The van der Waals surface area contributed by atoms with Gasteiger partial charge in [-0.3, -0.25) is 9.20 Å². The van der Waals surface area contributed by atoms with E-state index in [0.29, 0.717) is 5.75 Å². The van der Waals surface area contributed by atoms with Crippen molar-refractivity contribution >= 4 is 23.3 Å². The molecule has 6 heteroatoms. The Morgan fingerprint density at radius 2 is 2.33 bits per heavy atom. The molecule has 0 saturated heterocycles. The van der Waals surface area contributed by atoms with Crippen molar-refractivity contribution in [1.82, 2.24) is 19.9 Å². The average molecular weight is 264 g/mol. The van der Waals surface area contributed by atoms with E-state index < -0.39 is 0 Å². The minimum Gasteiger partial charge on any atom is -0.353 e. The standard InChI is InChI=1S/C12H16N4OS/c1-3-9(2)13-11(17)8-18-12-15-14-10-6-4-5-7-16(10)12/h4-7,9H,3,8H2,1-2H3,(H,13,17)/t9-/m0/s1. The van der Waals surface area contributed by atoms with Gasteiger partial charge in [0.1, 0.15) is 0 Å². The molecule has 0 aliphatic rings. The molecule has 0 aromatic carbocycles. The van der Waals surface area contributed by atoms with Gasteiger partial charge >= 0.3 is 0 Å². The summed E-state index contributed by atoms with van der Waals surface area (Å²) in [7, 11) is 0. The first-order chi connectivity index (χ1) is 8.70. The Balaban J connectivity index is 1.96. The van der Waals surface area contributed by atoms with E-state index in [0.717, 1.165) is 17.2 Å². The topological polar surface area (TPSA) is 59.3 Å². The third-order valence-electron chi connectivity index (χ3n) is 2.63. The van der Waals surface area contributed by atoms with Crippen LogP contribution in [0.3, 0.4) is 0 Å². The largest absolute Gasteiger partial charge is 0.353 e. The van der Waals surface area contributed by atoms with Gasteiger partial charge in [0, 0.05) is 12.2 Å². The fourth-order valence-corrected chi connectivity index (χ4v) is 2.20. The Labute approximate surface area is 110 Å². The normalized spacial score (nSPS) is 12.6. The summed E-state index contributed by atoms with van der Waals surface area (Å²) in [6, 6.07) is 5.93. The molecule has 2 aromatic rings. The van der Waals surface area contributed by atoms with Crippen LogP contribution >= 0.6 is 11.8 Å². The molecule has 18 heavy (non-hydrogen) atoms. The van der Waals surface area contributed by atoms with E-state index in [1.807, 2.05) is 42.6 Å². The number of thioether (sulfide) groups is 1. The minimum atomic E-state index is 0.0297. The van der Waals surface area contributed by atoms with Crippen molar-refractivity contribution < 1.29 is 4.79 Å². The van der Waals surface area contributed by atoms with Gasteiger partial charge in [0.05, 0.1) is 5.75 Å². The zero-order valence-corrected chi connectivity index (χ0v) is 11.3. The zero-order chi connectivity index (χ0) is 13.0. The van der Waals surface area contributed by atoms with Crippen LogP contribution in [-0.2, 0) is 4.79 Å². The minimum absolute atomic E-state index is 0.0297. The number of fused-ring (bicyclic) bond motifs is 1. The van der Waals surface area contributed by atoms with Crippen LogP contribution in [-0.4, -0.2) is 32.3 Å². The maximum absolute atomic E-state index is 11.7. The van der Waals surface area contributed by atoms with E-state index in [1.165, 1.54) is 11.8 Å². The van der Waals surface area contributed by atoms with Crippen molar-refractivity contribution in [3.05, 3.63) is 24.4 Å². The van der Waals surface area contributed by atoms with Gasteiger partial charge in [-0.1, -0.05) is 24.8 Å². The average Bonchev–Trinajstić information content (AvgIpc) is 2.79. The summed E-state index contributed by atoms with van der Waals surface area (Å²) in [5.74, 6) is 0.391. The second kappa shape index (κ2) is 5.86. The molecule has 5 nitrogen and oxygen atoms in total. The van der Waals surface area contributed by atoms with Crippen LogP contribution in [0.5, 0.6) is 0 Å². The Morgan fingerprint density at radius 3 is 3.11 bits per heavy atom. The molecule has 1 amide bonds. The first-order valence-electron chi connectivity index (χ1n) is 5.92. The molecule has 0 unspecified atom stereocenters. The Kier molecular flexibility index (Phi) is 4.19. The van der Waals surface area contributed by atoms with E-state index in [4.69, 9.17) is 0 Å². The number of amides is 1. The van der Waals surface area contributed by atoms with Crippen molar-refractivity contribution in [2.45, 2.75) is 31.5 Å². The third-order valence-corrected chi connectivity index (χ3v) is 3.58. The van der Waals surface area contributed by atoms with Gasteiger partial charge in [-0.25, -0.2) is 0 Å². The molecular weight excluding hydrogens is 248 g/mol. The highest BCUT2D eigenvalue weighted by molar-refractivity contribution is 7.99. The molecular formula is C12H16N4OS. The molecule has 0 fully saturated rings. The predicted molar refractivity (Wildman–Crippen MR) is 71.6 cm³/mol. The molecule has 2 aromatic heterocycles. The Hall–Kier alpha value is -1.56. The number of carbonyl (C=O) groups excluding carboxylic acids is 1.